The Balaban J connectivity index is 0. The molecule has 0 aromatic rings. The van der Waals surface area contributed by atoms with E-state index in [1.165, 1.54) is 69.6 Å². The number of carboxylic acid groups (broad SMARTS) is 1. The van der Waals surface area contributed by atoms with E-state index in [1.807, 2.05) is 0 Å². The third kappa shape index (κ3) is 13.8. The number of unbranched alkanes of at least 4 members (excludes halogenated alkanes) is 3. The first-order valence-corrected chi connectivity index (χ1v) is 8.07. The molecule has 4 nitrogen and oxygen atoms in total. The van der Waals surface area contributed by atoms with E-state index in [0.717, 1.165) is 0 Å². The highest BCUT2D eigenvalue weighted by atomic mass is 16.4. The molecule has 0 saturated heterocycles. The van der Waals surface area contributed by atoms with Crippen molar-refractivity contribution in [1.29, 1.82) is 0 Å². The van der Waals surface area contributed by atoms with Crippen LogP contribution in [0.4, 0.5) is 0 Å². The Morgan fingerprint density at radius 2 is 1.20 bits per heavy atom. The lowest BCUT2D eigenvalue weighted by atomic mass is 10.2. The number of hydrogen-bond donors (Lipinski definition) is 2. The highest BCUT2D eigenvalue weighted by molar-refractivity contribution is 5.71. The first kappa shape index (κ1) is 21.7. The van der Waals surface area contributed by atoms with E-state index in [2.05, 4.69) is 27.8 Å². The molecule has 1 unspecified atom stereocenters. The molecule has 1 atom stereocenters. The van der Waals surface area contributed by atoms with Gasteiger partial charge in [-0.15, -0.1) is 0 Å². The van der Waals surface area contributed by atoms with Crippen LogP contribution in [-0.4, -0.2) is 53.5 Å². The molecule has 0 fully saturated rings. The fourth-order valence-corrected chi connectivity index (χ4v) is 1.95. The Labute approximate surface area is 125 Å². The third-order valence-corrected chi connectivity index (χ3v) is 3.51. The number of quaternary nitrogens is 1. The summed E-state index contributed by atoms with van der Waals surface area (Å²) in [7, 11) is 2.45. The van der Waals surface area contributed by atoms with Crippen LogP contribution < -0.4 is 0 Å². The molecule has 0 aliphatic rings. The molecule has 0 aliphatic carbocycles. The summed E-state index contributed by atoms with van der Waals surface area (Å²) in [5.41, 5.74) is 0. The van der Waals surface area contributed by atoms with E-state index in [0.29, 0.717) is 0 Å². The monoisotopic (exact) mass is 290 g/mol. The minimum Gasteiger partial charge on any atom is -0.479 e. The molecule has 0 spiro atoms. The number of nitrogens with zero attached hydrogens (tertiary/aromatic N) is 1. The maximum absolute atomic E-state index is 9.45. The average Bonchev–Trinajstić information content (AvgIpc) is 2.41. The Hall–Kier alpha value is -0.610. The standard InChI is InChI=1S/C13H30N.C3H6O3/c1-5-8-11-14(4,12-9-6-2)13-10-7-3;1-2(4)3(5)6/h5-13H2,1-4H3;2,4H,1H3,(H,5,6)/q+1;. The van der Waals surface area contributed by atoms with Crippen LogP contribution >= 0.6 is 0 Å². The number of rotatable bonds is 10. The van der Waals surface area contributed by atoms with Gasteiger partial charge in [0.25, 0.3) is 0 Å². The van der Waals surface area contributed by atoms with E-state index in [1.54, 1.807) is 0 Å². The van der Waals surface area contributed by atoms with Crippen LogP contribution in [0, 0.1) is 0 Å². The average molecular weight is 290 g/mol. The van der Waals surface area contributed by atoms with Crippen LogP contribution in [0.1, 0.15) is 66.2 Å². The van der Waals surface area contributed by atoms with Gasteiger partial charge in [0.05, 0.1) is 26.7 Å². The molecular formula is C16H36NO3+. The number of hydrogen-bond acceptors (Lipinski definition) is 2. The van der Waals surface area contributed by atoms with E-state index in [4.69, 9.17) is 10.2 Å². The molecule has 20 heavy (non-hydrogen) atoms. The molecular weight excluding hydrogens is 254 g/mol. The molecule has 0 aromatic carbocycles. The topological polar surface area (TPSA) is 57.5 Å². The summed E-state index contributed by atoms with van der Waals surface area (Å²) < 4.78 is 1.32. The summed E-state index contributed by atoms with van der Waals surface area (Å²) in [6.45, 7) is 12.2. The van der Waals surface area contributed by atoms with Gasteiger partial charge in [0.1, 0.15) is 6.10 Å². The Morgan fingerprint density at radius 1 is 0.950 bits per heavy atom. The van der Waals surface area contributed by atoms with Crippen molar-refractivity contribution in [2.75, 3.05) is 26.7 Å². The molecule has 4 heteroatoms. The number of aliphatic carboxylic acids is 1. The van der Waals surface area contributed by atoms with Crippen molar-refractivity contribution in [3.63, 3.8) is 0 Å². The van der Waals surface area contributed by atoms with Crippen LogP contribution in [0.25, 0.3) is 0 Å². The summed E-state index contributed by atoms with van der Waals surface area (Å²) in [6.07, 6.45) is 6.97. The molecule has 0 aromatic heterocycles. The highest BCUT2D eigenvalue weighted by Crippen LogP contribution is 2.10. The molecule has 0 heterocycles. The van der Waals surface area contributed by atoms with Crippen molar-refractivity contribution < 1.29 is 19.5 Å². The SMILES string of the molecule is CC(O)C(=O)O.CCCC[N+](C)(CCCC)CCCC. The van der Waals surface area contributed by atoms with Crippen LogP contribution in [-0.2, 0) is 4.79 Å². The maximum Gasteiger partial charge on any atom is 0.332 e. The number of carbonyl (C=O) groups is 1. The minimum atomic E-state index is -1.23. The van der Waals surface area contributed by atoms with Crippen molar-refractivity contribution in [2.24, 2.45) is 0 Å². The zero-order valence-electron chi connectivity index (χ0n) is 14.2. The zero-order chi connectivity index (χ0) is 16.0. The van der Waals surface area contributed by atoms with Crippen LogP contribution in [0.3, 0.4) is 0 Å². The van der Waals surface area contributed by atoms with E-state index in [-0.39, 0.29) is 0 Å². The van der Waals surface area contributed by atoms with Crippen LogP contribution in [0.2, 0.25) is 0 Å². The first-order chi connectivity index (χ1) is 9.32. The second-order valence-electron chi connectivity index (χ2n) is 5.87. The molecule has 122 valence electrons. The normalized spacial score (nSPS) is 12.5. The van der Waals surface area contributed by atoms with Gasteiger partial charge in [-0.3, -0.25) is 0 Å². The highest BCUT2D eigenvalue weighted by Gasteiger charge is 2.18. The second kappa shape index (κ2) is 13.4. The van der Waals surface area contributed by atoms with Gasteiger partial charge >= 0.3 is 5.97 Å². The zero-order valence-corrected chi connectivity index (χ0v) is 14.2. The summed E-state index contributed by atoms with van der Waals surface area (Å²) in [5.74, 6) is -1.19. The van der Waals surface area contributed by atoms with Gasteiger partial charge in [0, 0.05) is 0 Å². The summed E-state index contributed by atoms with van der Waals surface area (Å²) in [5, 5.41) is 15.8. The lowest BCUT2D eigenvalue weighted by Crippen LogP contribution is -2.46. The predicted molar refractivity (Wildman–Crippen MR) is 84.8 cm³/mol. The fourth-order valence-electron chi connectivity index (χ4n) is 1.95. The van der Waals surface area contributed by atoms with Crippen molar-refractivity contribution in [1.82, 2.24) is 0 Å². The van der Waals surface area contributed by atoms with Crippen LogP contribution in [0.15, 0.2) is 0 Å². The van der Waals surface area contributed by atoms with Crippen LogP contribution in [0.5, 0.6) is 0 Å². The number of carboxylic acids is 1. The van der Waals surface area contributed by atoms with Gasteiger partial charge in [-0.1, -0.05) is 40.0 Å². The number of aliphatic hydroxyl groups is 1. The summed E-state index contributed by atoms with van der Waals surface area (Å²) in [6, 6.07) is 0. The third-order valence-electron chi connectivity index (χ3n) is 3.51. The molecule has 0 saturated carbocycles. The largest absolute Gasteiger partial charge is 0.479 e. The van der Waals surface area contributed by atoms with Crippen molar-refractivity contribution in [3.8, 4) is 0 Å². The lowest BCUT2D eigenvalue weighted by Gasteiger charge is -2.34. The Morgan fingerprint density at radius 3 is 1.35 bits per heavy atom. The van der Waals surface area contributed by atoms with Gasteiger partial charge < -0.3 is 14.7 Å². The van der Waals surface area contributed by atoms with Gasteiger partial charge in [-0.2, -0.15) is 0 Å². The van der Waals surface area contributed by atoms with E-state index < -0.39 is 12.1 Å². The molecule has 0 aliphatic heterocycles. The molecule has 0 radical (unpaired) electrons. The molecule has 2 N–H and O–H groups in total. The minimum absolute atomic E-state index is 1.19. The molecule has 0 amide bonds. The van der Waals surface area contributed by atoms with E-state index in [9.17, 15) is 4.79 Å². The first-order valence-electron chi connectivity index (χ1n) is 8.07. The Kier molecular flexibility index (Phi) is 14.5. The predicted octanol–water partition coefficient (Wildman–Crippen LogP) is 3.29. The molecule has 0 rings (SSSR count). The smallest absolute Gasteiger partial charge is 0.332 e. The van der Waals surface area contributed by atoms with E-state index >= 15 is 0 Å². The quantitative estimate of drug-likeness (QED) is 0.607. The van der Waals surface area contributed by atoms with Gasteiger partial charge in [0.2, 0.25) is 0 Å². The summed E-state index contributed by atoms with van der Waals surface area (Å²) in [4.78, 5) is 9.45. The van der Waals surface area contributed by atoms with Crippen molar-refractivity contribution in [2.45, 2.75) is 72.3 Å². The molecule has 0 bridgehead atoms. The summed E-state index contributed by atoms with van der Waals surface area (Å²) >= 11 is 0. The fraction of sp³-hybridized carbons (Fsp3) is 0.938. The maximum atomic E-state index is 9.45. The Bertz CT molecular complexity index is 208. The second-order valence-corrected chi connectivity index (χ2v) is 5.87. The lowest BCUT2D eigenvalue weighted by molar-refractivity contribution is -0.910. The van der Waals surface area contributed by atoms with Gasteiger partial charge in [-0.25, -0.2) is 4.79 Å². The van der Waals surface area contributed by atoms with Gasteiger partial charge in [-0.05, 0) is 26.2 Å². The van der Waals surface area contributed by atoms with Crippen molar-refractivity contribution in [3.05, 3.63) is 0 Å². The van der Waals surface area contributed by atoms with Crippen molar-refractivity contribution >= 4 is 5.97 Å². The van der Waals surface area contributed by atoms with Gasteiger partial charge in [0.15, 0.2) is 0 Å². The number of aliphatic hydroxyl groups excluding tert-OH is 1.